The van der Waals surface area contributed by atoms with Gasteiger partial charge in [-0.15, -0.1) is 0 Å². The van der Waals surface area contributed by atoms with Crippen molar-refractivity contribution < 1.29 is 23.8 Å². The number of nitrogens with zero attached hydrogens (tertiary/aromatic N) is 2. The van der Waals surface area contributed by atoms with Gasteiger partial charge in [0.1, 0.15) is 11.3 Å². The highest BCUT2D eigenvalue weighted by Gasteiger charge is 2.32. The number of fused-ring (bicyclic) bond motifs is 1. The van der Waals surface area contributed by atoms with Gasteiger partial charge in [0.05, 0.1) is 11.4 Å². The van der Waals surface area contributed by atoms with Crippen molar-refractivity contribution >= 4 is 17.6 Å². The van der Waals surface area contributed by atoms with Crippen molar-refractivity contribution in [2.45, 2.75) is 45.8 Å². The third kappa shape index (κ3) is 4.94. The molecule has 0 saturated heterocycles. The minimum Gasteiger partial charge on any atom is -0.483 e. The van der Waals surface area contributed by atoms with Gasteiger partial charge in [-0.3, -0.25) is 14.3 Å². The van der Waals surface area contributed by atoms with Gasteiger partial charge in [0.15, 0.2) is 24.2 Å². The minimum atomic E-state index is -1.13. The van der Waals surface area contributed by atoms with Gasteiger partial charge in [-0.25, -0.2) is 9.48 Å². The molecule has 1 aromatic heterocycles. The molecule has 0 saturated carbocycles. The quantitative estimate of drug-likeness (QED) is 0.523. The van der Waals surface area contributed by atoms with Gasteiger partial charge in [-0.1, -0.05) is 30.3 Å². The third-order valence-corrected chi connectivity index (χ3v) is 5.88. The van der Waals surface area contributed by atoms with Crippen LogP contribution in [0.3, 0.4) is 0 Å². The van der Waals surface area contributed by atoms with Crippen molar-refractivity contribution in [3.63, 3.8) is 0 Å². The Morgan fingerprint density at radius 1 is 1.14 bits per heavy atom. The molecule has 3 aromatic rings. The summed E-state index contributed by atoms with van der Waals surface area (Å²) in [5.41, 5.74) is 1.64. The SMILES string of the molecule is Cc1c(NC(=O)[C@H](C)OC(=O)COc2cccc3c2OC(C)(C)C3)c(=O)n(-c2ccccc2)n1C. The van der Waals surface area contributed by atoms with E-state index in [1.165, 1.54) is 11.6 Å². The molecule has 0 bridgehead atoms. The predicted molar refractivity (Wildman–Crippen MR) is 130 cm³/mol. The van der Waals surface area contributed by atoms with Crippen LogP contribution < -0.4 is 20.3 Å². The van der Waals surface area contributed by atoms with Crippen LogP contribution >= 0.6 is 0 Å². The number of nitrogens with one attached hydrogen (secondary N) is 1. The lowest BCUT2D eigenvalue weighted by Crippen LogP contribution is -2.33. The summed E-state index contributed by atoms with van der Waals surface area (Å²) in [6.45, 7) is 6.74. The summed E-state index contributed by atoms with van der Waals surface area (Å²) in [6.07, 6.45) is -0.390. The summed E-state index contributed by atoms with van der Waals surface area (Å²) in [5.74, 6) is -0.266. The second-order valence-corrected chi connectivity index (χ2v) is 9.13. The van der Waals surface area contributed by atoms with E-state index in [1.807, 2.05) is 44.2 Å². The van der Waals surface area contributed by atoms with Crippen molar-refractivity contribution in [1.29, 1.82) is 0 Å². The zero-order chi connectivity index (χ0) is 25.3. The summed E-state index contributed by atoms with van der Waals surface area (Å²) in [6, 6.07) is 14.6. The number of anilines is 1. The number of ether oxygens (including phenoxy) is 3. The van der Waals surface area contributed by atoms with E-state index in [-0.39, 0.29) is 23.5 Å². The fourth-order valence-electron chi connectivity index (χ4n) is 4.06. The highest BCUT2D eigenvalue weighted by molar-refractivity contribution is 5.95. The number of hydrogen-bond donors (Lipinski definition) is 1. The Balaban J connectivity index is 1.38. The molecule has 1 aliphatic heterocycles. The van der Waals surface area contributed by atoms with Crippen molar-refractivity contribution in [3.8, 4) is 17.2 Å². The van der Waals surface area contributed by atoms with Crippen molar-refractivity contribution in [1.82, 2.24) is 9.36 Å². The van der Waals surface area contributed by atoms with Crippen LogP contribution in [-0.2, 0) is 27.8 Å². The molecule has 9 nitrogen and oxygen atoms in total. The maximum Gasteiger partial charge on any atom is 0.344 e. The molecule has 0 aliphatic carbocycles. The molecule has 0 radical (unpaired) electrons. The van der Waals surface area contributed by atoms with E-state index in [0.29, 0.717) is 22.9 Å². The maximum atomic E-state index is 13.0. The Hall–Kier alpha value is -4.01. The van der Waals surface area contributed by atoms with Crippen LogP contribution in [-0.4, -0.2) is 39.6 Å². The Bertz CT molecular complexity index is 1320. The first-order valence-corrected chi connectivity index (χ1v) is 11.4. The standard InChI is InChI=1S/C26H29N3O6/c1-16-22(25(32)29(28(16)5)19-11-7-6-8-12-19)27-24(31)17(2)34-21(30)15-33-20-13-9-10-18-14-26(3,4)35-23(18)20/h6-13,17H,14-15H2,1-5H3,(H,27,31)/t17-/m0/s1. The third-order valence-electron chi connectivity index (χ3n) is 5.88. The van der Waals surface area contributed by atoms with E-state index in [0.717, 1.165) is 12.0 Å². The molecule has 9 heteroatoms. The number of esters is 1. The molecule has 0 spiro atoms. The largest absolute Gasteiger partial charge is 0.483 e. The number of benzene rings is 2. The van der Waals surface area contributed by atoms with Crippen LogP contribution in [0.4, 0.5) is 5.69 Å². The monoisotopic (exact) mass is 479 g/mol. The molecule has 0 fully saturated rings. The van der Waals surface area contributed by atoms with Crippen molar-refractivity contribution in [3.05, 3.63) is 70.1 Å². The smallest absolute Gasteiger partial charge is 0.344 e. The minimum absolute atomic E-state index is 0.125. The number of aromatic nitrogens is 2. The average molecular weight is 480 g/mol. The lowest BCUT2D eigenvalue weighted by Gasteiger charge is -2.18. The number of carbonyl (C=O) groups is 2. The van der Waals surface area contributed by atoms with Crippen LogP contribution in [0.1, 0.15) is 32.0 Å². The van der Waals surface area contributed by atoms with E-state index in [9.17, 15) is 14.4 Å². The van der Waals surface area contributed by atoms with Crippen LogP contribution in [0, 0.1) is 6.92 Å². The number of rotatable bonds is 7. The van der Waals surface area contributed by atoms with E-state index in [1.54, 1.807) is 36.9 Å². The second kappa shape index (κ2) is 9.32. The van der Waals surface area contributed by atoms with Crippen LogP contribution in [0.5, 0.6) is 11.5 Å². The number of carbonyl (C=O) groups excluding carboxylic acids is 2. The molecule has 1 aliphatic rings. The summed E-state index contributed by atoms with van der Waals surface area (Å²) < 4.78 is 19.9. The molecule has 2 aromatic carbocycles. The van der Waals surface area contributed by atoms with Gasteiger partial charge in [0, 0.05) is 19.0 Å². The number of para-hydroxylation sites is 2. The highest BCUT2D eigenvalue weighted by atomic mass is 16.6. The zero-order valence-corrected chi connectivity index (χ0v) is 20.5. The van der Waals surface area contributed by atoms with Gasteiger partial charge in [0.2, 0.25) is 0 Å². The van der Waals surface area contributed by atoms with Gasteiger partial charge in [0.25, 0.3) is 11.5 Å². The molecule has 2 heterocycles. The Morgan fingerprint density at radius 3 is 2.57 bits per heavy atom. The molecular weight excluding hydrogens is 450 g/mol. The van der Waals surface area contributed by atoms with Gasteiger partial charge in [-0.2, -0.15) is 0 Å². The maximum absolute atomic E-state index is 13.0. The lowest BCUT2D eigenvalue weighted by atomic mass is 10.0. The topological polar surface area (TPSA) is 101 Å². The zero-order valence-electron chi connectivity index (χ0n) is 20.5. The summed E-state index contributed by atoms with van der Waals surface area (Å²) in [5, 5.41) is 2.60. The lowest BCUT2D eigenvalue weighted by molar-refractivity contribution is -0.155. The van der Waals surface area contributed by atoms with Gasteiger partial charge in [-0.05, 0) is 45.9 Å². The average Bonchev–Trinajstić information content (AvgIpc) is 3.25. The van der Waals surface area contributed by atoms with E-state index >= 15 is 0 Å². The summed E-state index contributed by atoms with van der Waals surface area (Å²) in [4.78, 5) is 38.0. The molecule has 4 rings (SSSR count). The predicted octanol–water partition coefficient (Wildman–Crippen LogP) is 3.15. The Labute approximate surface area is 203 Å². The first-order chi connectivity index (χ1) is 16.6. The number of amides is 1. The molecule has 1 N–H and O–H groups in total. The molecular formula is C26H29N3O6. The van der Waals surface area contributed by atoms with Crippen molar-refractivity contribution in [2.75, 3.05) is 11.9 Å². The van der Waals surface area contributed by atoms with Crippen LogP contribution in [0.25, 0.3) is 5.69 Å². The molecule has 0 unspecified atom stereocenters. The normalized spacial score (nSPS) is 14.5. The molecule has 1 amide bonds. The van der Waals surface area contributed by atoms with Crippen LogP contribution in [0.15, 0.2) is 53.3 Å². The molecule has 1 atom stereocenters. The first kappa shape index (κ1) is 24.1. The van der Waals surface area contributed by atoms with Crippen molar-refractivity contribution in [2.24, 2.45) is 7.05 Å². The Morgan fingerprint density at radius 2 is 1.86 bits per heavy atom. The summed E-state index contributed by atoms with van der Waals surface area (Å²) in [7, 11) is 1.73. The fraction of sp³-hybridized carbons (Fsp3) is 0.346. The van der Waals surface area contributed by atoms with Gasteiger partial charge >= 0.3 is 5.97 Å². The first-order valence-electron chi connectivity index (χ1n) is 11.4. The second-order valence-electron chi connectivity index (χ2n) is 9.13. The van der Waals surface area contributed by atoms with Gasteiger partial charge < -0.3 is 19.5 Å². The highest BCUT2D eigenvalue weighted by Crippen LogP contribution is 2.41. The summed E-state index contributed by atoms with van der Waals surface area (Å²) >= 11 is 0. The molecule has 184 valence electrons. The van der Waals surface area contributed by atoms with Crippen LogP contribution in [0.2, 0.25) is 0 Å². The Kier molecular flexibility index (Phi) is 6.43. The number of hydrogen-bond acceptors (Lipinski definition) is 6. The van der Waals surface area contributed by atoms with E-state index in [2.05, 4.69) is 5.32 Å². The fourth-order valence-corrected chi connectivity index (χ4v) is 4.06. The molecule has 35 heavy (non-hydrogen) atoms. The van der Waals surface area contributed by atoms with E-state index in [4.69, 9.17) is 14.2 Å². The van der Waals surface area contributed by atoms with E-state index < -0.39 is 18.0 Å².